The van der Waals surface area contributed by atoms with Crippen molar-refractivity contribution >= 4 is 5.78 Å². The molecule has 0 aliphatic heterocycles. The van der Waals surface area contributed by atoms with Crippen molar-refractivity contribution in [2.45, 2.75) is 12.8 Å². The van der Waals surface area contributed by atoms with E-state index in [1.807, 2.05) is 24.3 Å². The van der Waals surface area contributed by atoms with Crippen LogP contribution in [-0.4, -0.2) is 12.9 Å². The predicted octanol–water partition coefficient (Wildman–Crippen LogP) is 3.19. The largest absolute Gasteiger partial charge is 0.497 e. The molecule has 0 radical (unpaired) electrons. The summed E-state index contributed by atoms with van der Waals surface area (Å²) in [7, 11) is 1.60. The third-order valence-corrected chi connectivity index (χ3v) is 2.85. The lowest BCUT2D eigenvalue weighted by atomic mass is 10.0. The highest BCUT2D eigenvalue weighted by atomic mass is 19.1. The van der Waals surface area contributed by atoms with E-state index in [0.29, 0.717) is 12.0 Å². The molecule has 0 heterocycles. The second-order valence-corrected chi connectivity index (χ2v) is 4.37. The quantitative estimate of drug-likeness (QED) is 0.823. The van der Waals surface area contributed by atoms with Crippen LogP contribution in [-0.2, 0) is 17.6 Å². The standard InChI is InChI=1S/C16H15FO2/c1-19-16-7-5-12(6-8-16)10-15(18)11-13-3-2-4-14(17)9-13/h2-9H,10-11H2,1H3. The van der Waals surface area contributed by atoms with Crippen molar-refractivity contribution in [2.75, 3.05) is 7.11 Å². The van der Waals surface area contributed by atoms with Crippen LogP contribution in [0.3, 0.4) is 0 Å². The van der Waals surface area contributed by atoms with Crippen molar-refractivity contribution in [1.82, 2.24) is 0 Å². The van der Waals surface area contributed by atoms with E-state index in [2.05, 4.69) is 0 Å². The fourth-order valence-electron chi connectivity index (χ4n) is 1.91. The van der Waals surface area contributed by atoms with E-state index in [4.69, 9.17) is 4.74 Å². The van der Waals surface area contributed by atoms with Crippen LogP contribution in [0, 0.1) is 5.82 Å². The lowest BCUT2D eigenvalue weighted by molar-refractivity contribution is -0.117. The van der Waals surface area contributed by atoms with Gasteiger partial charge < -0.3 is 4.74 Å². The summed E-state index contributed by atoms with van der Waals surface area (Å²) in [5.74, 6) is 0.520. The molecule has 0 aliphatic rings. The van der Waals surface area contributed by atoms with Crippen molar-refractivity contribution in [3.05, 3.63) is 65.5 Å². The molecule has 0 atom stereocenters. The van der Waals surface area contributed by atoms with Gasteiger partial charge in [0.25, 0.3) is 0 Å². The van der Waals surface area contributed by atoms with E-state index in [9.17, 15) is 9.18 Å². The van der Waals surface area contributed by atoms with E-state index in [1.165, 1.54) is 12.1 Å². The van der Waals surface area contributed by atoms with Crippen molar-refractivity contribution in [1.29, 1.82) is 0 Å². The summed E-state index contributed by atoms with van der Waals surface area (Å²) >= 11 is 0. The van der Waals surface area contributed by atoms with Gasteiger partial charge in [-0.3, -0.25) is 4.79 Å². The molecule has 3 heteroatoms. The van der Waals surface area contributed by atoms with E-state index < -0.39 is 0 Å². The van der Waals surface area contributed by atoms with Crippen LogP contribution >= 0.6 is 0 Å². The molecule has 0 aliphatic carbocycles. The van der Waals surface area contributed by atoms with Crippen molar-refractivity contribution in [2.24, 2.45) is 0 Å². The zero-order chi connectivity index (χ0) is 13.7. The lowest BCUT2D eigenvalue weighted by Crippen LogP contribution is -2.06. The maximum Gasteiger partial charge on any atom is 0.141 e. The monoisotopic (exact) mass is 258 g/mol. The first-order valence-electron chi connectivity index (χ1n) is 6.06. The number of ether oxygens (including phenoxy) is 1. The van der Waals surface area contributed by atoms with Gasteiger partial charge in [-0.05, 0) is 35.4 Å². The lowest BCUT2D eigenvalue weighted by Gasteiger charge is -2.04. The highest BCUT2D eigenvalue weighted by Crippen LogP contribution is 2.13. The Bertz CT molecular complexity index is 561. The number of carbonyl (C=O) groups excluding carboxylic acids is 1. The van der Waals surface area contributed by atoms with Gasteiger partial charge in [-0.2, -0.15) is 0 Å². The molecule has 0 aromatic heterocycles. The van der Waals surface area contributed by atoms with Crippen molar-refractivity contribution < 1.29 is 13.9 Å². The average Bonchev–Trinajstić information content (AvgIpc) is 2.39. The summed E-state index contributed by atoms with van der Waals surface area (Å²) in [6.45, 7) is 0. The topological polar surface area (TPSA) is 26.3 Å². The first kappa shape index (κ1) is 13.3. The second-order valence-electron chi connectivity index (χ2n) is 4.37. The molecule has 2 nitrogen and oxygen atoms in total. The smallest absolute Gasteiger partial charge is 0.141 e. The predicted molar refractivity (Wildman–Crippen MR) is 71.8 cm³/mol. The minimum atomic E-state index is -0.310. The molecule has 0 saturated heterocycles. The number of ketones is 1. The Hall–Kier alpha value is -2.16. The fourth-order valence-corrected chi connectivity index (χ4v) is 1.91. The van der Waals surface area contributed by atoms with Crippen molar-refractivity contribution in [3.8, 4) is 5.75 Å². The summed E-state index contributed by atoms with van der Waals surface area (Å²) in [4.78, 5) is 11.9. The summed E-state index contributed by atoms with van der Waals surface area (Å²) in [5.41, 5.74) is 1.64. The summed E-state index contributed by atoms with van der Waals surface area (Å²) < 4.78 is 18.1. The SMILES string of the molecule is COc1ccc(CC(=O)Cc2cccc(F)c2)cc1. The summed E-state index contributed by atoms with van der Waals surface area (Å²) in [5, 5.41) is 0. The number of halogens is 1. The molecule has 0 bridgehead atoms. The van der Waals surface area contributed by atoms with E-state index in [1.54, 1.807) is 19.2 Å². The molecule has 0 spiro atoms. The number of Topliss-reactive ketones (excluding diaryl/α,β-unsaturated/α-hetero) is 1. The fraction of sp³-hybridized carbons (Fsp3) is 0.188. The van der Waals surface area contributed by atoms with Crippen LogP contribution in [0.5, 0.6) is 5.75 Å². The van der Waals surface area contributed by atoms with Crippen LogP contribution in [0.25, 0.3) is 0 Å². The highest BCUT2D eigenvalue weighted by molar-refractivity contribution is 5.83. The van der Waals surface area contributed by atoms with E-state index in [0.717, 1.165) is 11.3 Å². The molecule has 2 aromatic carbocycles. The zero-order valence-electron chi connectivity index (χ0n) is 10.7. The van der Waals surface area contributed by atoms with Gasteiger partial charge in [0, 0.05) is 12.8 Å². The van der Waals surface area contributed by atoms with Gasteiger partial charge in [0.1, 0.15) is 17.3 Å². The first-order chi connectivity index (χ1) is 9.17. The molecule has 0 fully saturated rings. The number of hydrogen-bond donors (Lipinski definition) is 0. The van der Waals surface area contributed by atoms with E-state index >= 15 is 0 Å². The third kappa shape index (κ3) is 3.91. The summed E-state index contributed by atoms with van der Waals surface area (Å²) in [6.07, 6.45) is 0.601. The van der Waals surface area contributed by atoms with Gasteiger partial charge in [-0.1, -0.05) is 24.3 Å². The Morgan fingerprint density at radius 1 is 1.05 bits per heavy atom. The van der Waals surface area contributed by atoms with Gasteiger partial charge in [0.2, 0.25) is 0 Å². The van der Waals surface area contributed by atoms with Gasteiger partial charge in [-0.25, -0.2) is 4.39 Å². The van der Waals surface area contributed by atoms with Crippen LogP contribution in [0.1, 0.15) is 11.1 Å². The van der Waals surface area contributed by atoms with Crippen LogP contribution in [0.2, 0.25) is 0 Å². The number of hydrogen-bond acceptors (Lipinski definition) is 2. The molecule has 2 aromatic rings. The Balaban J connectivity index is 1.97. The van der Waals surface area contributed by atoms with Gasteiger partial charge >= 0.3 is 0 Å². The minimum Gasteiger partial charge on any atom is -0.497 e. The molecule has 19 heavy (non-hydrogen) atoms. The molecule has 0 amide bonds. The van der Waals surface area contributed by atoms with Gasteiger partial charge in [0.15, 0.2) is 0 Å². The van der Waals surface area contributed by atoms with Gasteiger partial charge in [-0.15, -0.1) is 0 Å². The van der Waals surface area contributed by atoms with Gasteiger partial charge in [0.05, 0.1) is 7.11 Å². The molecule has 0 unspecified atom stereocenters. The molecule has 2 rings (SSSR count). The molecule has 98 valence electrons. The maximum absolute atomic E-state index is 13.0. The third-order valence-electron chi connectivity index (χ3n) is 2.85. The highest BCUT2D eigenvalue weighted by Gasteiger charge is 2.06. The first-order valence-corrected chi connectivity index (χ1v) is 6.06. The van der Waals surface area contributed by atoms with Crippen LogP contribution in [0.4, 0.5) is 4.39 Å². The molecular weight excluding hydrogens is 243 g/mol. The van der Waals surface area contributed by atoms with E-state index in [-0.39, 0.29) is 18.0 Å². The second kappa shape index (κ2) is 6.14. The summed E-state index contributed by atoms with van der Waals surface area (Å²) in [6, 6.07) is 13.5. The zero-order valence-corrected chi connectivity index (χ0v) is 10.7. The Kier molecular flexibility index (Phi) is 4.29. The van der Waals surface area contributed by atoms with Crippen LogP contribution in [0.15, 0.2) is 48.5 Å². The Morgan fingerprint density at radius 3 is 2.37 bits per heavy atom. The van der Waals surface area contributed by atoms with Crippen molar-refractivity contribution in [3.63, 3.8) is 0 Å². The Morgan fingerprint density at radius 2 is 1.74 bits per heavy atom. The Labute approximate surface area is 111 Å². The number of carbonyl (C=O) groups is 1. The number of rotatable bonds is 5. The normalized spacial score (nSPS) is 10.2. The molecule has 0 N–H and O–H groups in total. The number of benzene rings is 2. The maximum atomic E-state index is 13.0. The molecule has 0 saturated carbocycles. The van der Waals surface area contributed by atoms with Crippen LogP contribution < -0.4 is 4.74 Å². The minimum absolute atomic E-state index is 0.0655. The molecular formula is C16H15FO2. The number of methoxy groups -OCH3 is 1. The average molecular weight is 258 g/mol.